The predicted molar refractivity (Wildman–Crippen MR) is 78.8 cm³/mol. The minimum atomic E-state index is -0.512. The fourth-order valence-electron chi connectivity index (χ4n) is 1.79. The Balaban J connectivity index is 2.17. The Morgan fingerprint density at radius 1 is 1.38 bits per heavy atom. The van der Waals surface area contributed by atoms with Gasteiger partial charge in [0.1, 0.15) is 0 Å². The number of hydrogen-bond acceptors (Lipinski definition) is 6. The van der Waals surface area contributed by atoms with E-state index in [1.165, 1.54) is 18.4 Å². The second-order valence-electron chi connectivity index (χ2n) is 4.00. The summed E-state index contributed by atoms with van der Waals surface area (Å²) in [7, 11) is 1.31. The largest absolute Gasteiger partial charge is 0.464 e. The second-order valence-corrected chi connectivity index (χ2v) is 5.72. The number of hydrogen-bond donors (Lipinski definition) is 0. The second kappa shape index (κ2) is 5.63. The van der Waals surface area contributed by atoms with E-state index >= 15 is 0 Å². The lowest BCUT2D eigenvalue weighted by Crippen LogP contribution is -2.06. The standard InChI is InChI=1S/C13H9ClN4O2S/c1-20-13(19)8-7-9(10-4-5-11(14)21-10)18(17-8)12-3-2-6-15-16-12/h2-7H,1H3. The van der Waals surface area contributed by atoms with Gasteiger partial charge in [-0.25, -0.2) is 9.48 Å². The van der Waals surface area contributed by atoms with Gasteiger partial charge in [-0.3, -0.25) is 0 Å². The molecule has 0 fully saturated rings. The number of nitrogens with zero attached hydrogens (tertiary/aromatic N) is 4. The molecule has 21 heavy (non-hydrogen) atoms. The lowest BCUT2D eigenvalue weighted by Gasteiger charge is -2.03. The van der Waals surface area contributed by atoms with E-state index in [4.69, 9.17) is 16.3 Å². The van der Waals surface area contributed by atoms with Gasteiger partial charge in [0.05, 0.1) is 22.0 Å². The summed E-state index contributed by atoms with van der Waals surface area (Å²) in [6.07, 6.45) is 1.57. The third kappa shape index (κ3) is 2.65. The normalized spacial score (nSPS) is 10.6. The van der Waals surface area contributed by atoms with Crippen LogP contribution in [0.25, 0.3) is 16.4 Å². The molecule has 6 nitrogen and oxygen atoms in total. The maximum atomic E-state index is 11.7. The minimum Gasteiger partial charge on any atom is -0.464 e. The molecular formula is C13H9ClN4O2S. The zero-order chi connectivity index (χ0) is 14.8. The zero-order valence-corrected chi connectivity index (χ0v) is 12.4. The van der Waals surface area contributed by atoms with Crippen molar-refractivity contribution in [2.45, 2.75) is 0 Å². The van der Waals surface area contributed by atoms with Gasteiger partial charge in [0.2, 0.25) is 0 Å². The number of ether oxygens (including phenoxy) is 1. The molecule has 0 saturated heterocycles. The Morgan fingerprint density at radius 3 is 2.86 bits per heavy atom. The molecule has 0 bridgehead atoms. The van der Waals surface area contributed by atoms with E-state index in [-0.39, 0.29) is 5.69 Å². The number of methoxy groups -OCH3 is 1. The summed E-state index contributed by atoms with van der Waals surface area (Å²) in [6, 6.07) is 8.78. The van der Waals surface area contributed by atoms with Crippen LogP contribution in [-0.2, 0) is 4.74 Å². The molecular weight excluding hydrogens is 312 g/mol. The molecule has 0 unspecified atom stereocenters. The van der Waals surface area contributed by atoms with Gasteiger partial charge in [-0.15, -0.1) is 16.4 Å². The molecule has 3 aromatic heterocycles. The lowest BCUT2D eigenvalue weighted by atomic mass is 10.3. The Kier molecular flexibility index (Phi) is 3.68. The highest BCUT2D eigenvalue weighted by molar-refractivity contribution is 7.19. The summed E-state index contributed by atoms with van der Waals surface area (Å²) in [5.74, 6) is -0.00582. The van der Waals surface area contributed by atoms with E-state index in [2.05, 4.69) is 15.3 Å². The first kappa shape index (κ1) is 13.7. The van der Waals surface area contributed by atoms with Crippen molar-refractivity contribution in [2.75, 3.05) is 7.11 Å². The van der Waals surface area contributed by atoms with Crippen molar-refractivity contribution in [2.24, 2.45) is 0 Å². The highest BCUT2D eigenvalue weighted by Gasteiger charge is 2.18. The number of rotatable bonds is 3. The van der Waals surface area contributed by atoms with E-state index in [0.717, 1.165) is 4.88 Å². The molecule has 0 atom stereocenters. The average molecular weight is 321 g/mol. The van der Waals surface area contributed by atoms with Crippen molar-refractivity contribution in [1.29, 1.82) is 0 Å². The molecule has 0 radical (unpaired) electrons. The lowest BCUT2D eigenvalue weighted by molar-refractivity contribution is 0.0593. The van der Waals surface area contributed by atoms with Crippen LogP contribution in [0, 0.1) is 0 Å². The van der Waals surface area contributed by atoms with E-state index in [9.17, 15) is 4.79 Å². The molecule has 0 spiro atoms. The predicted octanol–water partition coefficient (Wildman–Crippen LogP) is 2.83. The van der Waals surface area contributed by atoms with Crippen molar-refractivity contribution < 1.29 is 9.53 Å². The minimum absolute atomic E-state index is 0.197. The zero-order valence-electron chi connectivity index (χ0n) is 10.9. The maximum Gasteiger partial charge on any atom is 0.358 e. The van der Waals surface area contributed by atoms with Crippen LogP contribution in [0.3, 0.4) is 0 Å². The Bertz CT molecular complexity index is 785. The van der Waals surface area contributed by atoms with Crippen molar-refractivity contribution in [3.63, 3.8) is 0 Å². The number of carbonyl (C=O) groups is 1. The summed E-state index contributed by atoms with van der Waals surface area (Å²) in [5, 5.41) is 12.1. The summed E-state index contributed by atoms with van der Waals surface area (Å²) in [5.41, 5.74) is 0.899. The van der Waals surface area contributed by atoms with Gasteiger partial charge >= 0.3 is 5.97 Å². The summed E-state index contributed by atoms with van der Waals surface area (Å²) in [4.78, 5) is 12.6. The highest BCUT2D eigenvalue weighted by atomic mass is 35.5. The monoisotopic (exact) mass is 320 g/mol. The van der Waals surface area contributed by atoms with E-state index in [1.54, 1.807) is 35.1 Å². The molecule has 0 amide bonds. The topological polar surface area (TPSA) is 69.9 Å². The highest BCUT2D eigenvalue weighted by Crippen LogP contribution is 2.32. The van der Waals surface area contributed by atoms with Crippen LogP contribution < -0.4 is 0 Å². The van der Waals surface area contributed by atoms with E-state index in [0.29, 0.717) is 15.8 Å². The first-order chi connectivity index (χ1) is 10.2. The average Bonchev–Trinajstić information content (AvgIpc) is 3.13. The van der Waals surface area contributed by atoms with Crippen LogP contribution in [-0.4, -0.2) is 33.1 Å². The van der Waals surface area contributed by atoms with Gasteiger partial charge in [-0.05, 0) is 24.3 Å². The number of esters is 1. The third-order valence-electron chi connectivity index (χ3n) is 2.70. The molecule has 0 aliphatic heterocycles. The first-order valence-electron chi connectivity index (χ1n) is 5.91. The molecule has 0 aliphatic carbocycles. The van der Waals surface area contributed by atoms with Crippen LogP contribution >= 0.6 is 22.9 Å². The molecule has 3 aromatic rings. The Hall–Kier alpha value is -2.25. The molecule has 3 rings (SSSR count). The van der Waals surface area contributed by atoms with Crippen molar-refractivity contribution >= 4 is 28.9 Å². The molecule has 0 N–H and O–H groups in total. The van der Waals surface area contributed by atoms with E-state index in [1.807, 2.05) is 6.07 Å². The van der Waals surface area contributed by atoms with Crippen LogP contribution in [0.15, 0.2) is 36.5 Å². The van der Waals surface area contributed by atoms with Crippen molar-refractivity contribution in [3.8, 4) is 16.4 Å². The van der Waals surface area contributed by atoms with Gasteiger partial charge in [-0.2, -0.15) is 10.2 Å². The summed E-state index contributed by atoms with van der Waals surface area (Å²) < 4.78 is 6.90. The van der Waals surface area contributed by atoms with Crippen LogP contribution in [0.4, 0.5) is 0 Å². The summed E-state index contributed by atoms with van der Waals surface area (Å²) >= 11 is 7.36. The van der Waals surface area contributed by atoms with Gasteiger partial charge in [0.15, 0.2) is 11.5 Å². The smallest absolute Gasteiger partial charge is 0.358 e. The third-order valence-corrected chi connectivity index (χ3v) is 3.96. The quantitative estimate of drug-likeness (QED) is 0.694. The number of thiophene rings is 1. The SMILES string of the molecule is COC(=O)c1cc(-c2ccc(Cl)s2)n(-c2cccnn2)n1. The number of carbonyl (C=O) groups excluding carboxylic acids is 1. The van der Waals surface area contributed by atoms with Gasteiger partial charge in [0, 0.05) is 12.3 Å². The molecule has 0 saturated carbocycles. The molecule has 3 heterocycles. The first-order valence-corrected chi connectivity index (χ1v) is 7.10. The van der Waals surface area contributed by atoms with Gasteiger partial charge in [-0.1, -0.05) is 11.6 Å². The maximum absolute atomic E-state index is 11.7. The molecule has 106 valence electrons. The number of halogens is 1. The fraction of sp³-hybridized carbons (Fsp3) is 0.0769. The van der Waals surface area contributed by atoms with Crippen LogP contribution in [0.1, 0.15) is 10.5 Å². The number of aromatic nitrogens is 4. The van der Waals surface area contributed by atoms with Crippen LogP contribution in [0.5, 0.6) is 0 Å². The van der Waals surface area contributed by atoms with Crippen LogP contribution in [0.2, 0.25) is 4.34 Å². The molecule has 8 heteroatoms. The molecule has 0 aromatic carbocycles. The Labute approximate surface area is 129 Å². The van der Waals surface area contributed by atoms with Gasteiger partial charge < -0.3 is 4.74 Å². The fourth-order valence-corrected chi connectivity index (χ4v) is 2.84. The van der Waals surface area contributed by atoms with Crippen molar-refractivity contribution in [1.82, 2.24) is 20.0 Å². The van der Waals surface area contributed by atoms with Crippen molar-refractivity contribution in [3.05, 3.63) is 46.6 Å². The van der Waals surface area contributed by atoms with Gasteiger partial charge in [0.25, 0.3) is 0 Å². The Morgan fingerprint density at radius 2 is 2.24 bits per heavy atom. The molecule has 0 aliphatic rings. The summed E-state index contributed by atoms with van der Waals surface area (Å²) in [6.45, 7) is 0. The van der Waals surface area contributed by atoms with E-state index < -0.39 is 5.97 Å².